The Morgan fingerprint density at radius 1 is 1.12 bits per heavy atom. The number of halogens is 1. The van der Waals surface area contributed by atoms with E-state index in [1.165, 1.54) is 12.8 Å². The van der Waals surface area contributed by atoms with Gasteiger partial charge in [-0.15, -0.1) is 0 Å². The third-order valence-electron chi connectivity index (χ3n) is 6.16. The van der Waals surface area contributed by atoms with Crippen LogP contribution in [0.2, 0.25) is 5.02 Å². The Bertz CT molecular complexity index is 915. The van der Waals surface area contributed by atoms with E-state index < -0.39 is 11.9 Å². The van der Waals surface area contributed by atoms with E-state index in [4.69, 9.17) is 16.3 Å². The number of carbonyl (C=O) groups excluding carboxylic acids is 3. The Morgan fingerprint density at radius 3 is 2.22 bits per heavy atom. The predicted molar refractivity (Wildman–Crippen MR) is 114 cm³/mol. The summed E-state index contributed by atoms with van der Waals surface area (Å²) >= 11 is 6.24. The fourth-order valence-electron chi connectivity index (χ4n) is 4.77. The van der Waals surface area contributed by atoms with Gasteiger partial charge >= 0.3 is 0 Å². The van der Waals surface area contributed by atoms with Gasteiger partial charge in [0.05, 0.1) is 17.5 Å². The lowest BCUT2D eigenvalue weighted by atomic mass is 9.97. The molecule has 32 heavy (non-hydrogen) atoms. The van der Waals surface area contributed by atoms with E-state index in [0.717, 1.165) is 24.8 Å². The first-order chi connectivity index (χ1) is 14.9. The number of hydrogen-bond donors (Lipinski definition) is 1. The zero-order valence-corrected chi connectivity index (χ0v) is 19.1. The molecule has 0 aliphatic carbocycles. The molecule has 1 unspecified atom stereocenters. The van der Waals surface area contributed by atoms with Crippen molar-refractivity contribution in [3.05, 3.63) is 40.4 Å². The number of carbonyl (C=O) groups is 3. The van der Waals surface area contributed by atoms with Crippen LogP contribution in [0.4, 0.5) is 0 Å². The zero-order chi connectivity index (χ0) is 23.6. The number of nitrogens with zero attached hydrogens (tertiary/aromatic N) is 1. The number of fused-ring (bicyclic) bond motifs is 3. The van der Waals surface area contributed by atoms with Gasteiger partial charge < -0.3 is 34.8 Å². The van der Waals surface area contributed by atoms with Gasteiger partial charge in [0.25, 0.3) is 5.91 Å². The Labute approximate surface area is 192 Å². The Hall–Kier alpha value is -2.58. The number of aliphatic carboxylic acids is 2. The third-order valence-corrected chi connectivity index (χ3v) is 6.38. The zero-order valence-electron chi connectivity index (χ0n) is 18.4. The molecule has 1 aromatic rings. The van der Waals surface area contributed by atoms with E-state index in [9.17, 15) is 24.6 Å². The highest BCUT2D eigenvalue weighted by Gasteiger charge is 2.40. The van der Waals surface area contributed by atoms with Crippen LogP contribution < -0.4 is 20.3 Å². The number of hydrogen-bond acceptors (Lipinski definition) is 7. The molecule has 0 radical (unpaired) electrons. The second-order valence-corrected chi connectivity index (χ2v) is 9.58. The molecule has 2 fully saturated rings. The van der Waals surface area contributed by atoms with Gasteiger partial charge in [0.2, 0.25) is 0 Å². The summed E-state index contributed by atoms with van der Waals surface area (Å²) in [7, 11) is 2.21. The SMILES string of the molecule is CN1[C@@H]2CC[C@H]1CC(NC(=O)c1cc(Cl)cc3c1OC(C)(C)C3)C2.O=C([O-])/C=C\C(=O)[O-]. The minimum absolute atomic E-state index is 0.0552. The lowest BCUT2D eigenvalue weighted by molar-refractivity contribution is -0.301. The lowest BCUT2D eigenvalue weighted by Gasteiger charge is -2.36. The van der Waals surface area contributed by atoms with Crippen molar-refractivity contribution in [1.29, 1.82) is 0 Å². The number of nitrogens with one attached hydrogen (secondary N) is 1. The van der Waals surface area contributed by atoms with Gasteiger partial charge in [-0.05, 0) is 70.9 Å². The molecule has 3 atom stereocenters. The Morgan fingerprint density at radius 2 is 1.69 bits per heavy atom. The Kier molecular flexibility index (Phi) is 7.15. The average Bonchev–Trinajstić information content (AvgIpc) is 3.08. The van der Waals surface area contributed by atoms with Crippen molar-refractivity contribution in [2.75, 3.05) is 7.05 Å². The lowest BCUT2D eigenvalue weighted by Crippen LogP contribution is -2.48. The number of piperidine rings is 1. The van der Waals surface area contributed by atoms with Gasteiger partial charge in [0.15, 0.2) is 0 Å². The van der Waals surface area contributed by atoms with Gasteiger partial charge in [0.1, 0.15) is 11.4 Å². The van der Waals surface area contributed by atoms with Gasteiger partial charge in [-0.25, -0.2) is 0 Å². The van der Waals surface area contributed by atoms with Crippen LogP contribution in [0.5, 0.6) is 5.75 Å². The molecular weight excluding hydrogens is 436 g/mol. The summed E-state index contributed by atoms with van der Waals surface area (Å²) < 4.78 is 6.03. The highest BCUT2D eigenvalue weighted by Crippen LogP contribution is 2.40. The fraction of sp³-hybridized carbons (Fsp3) is 0.522. The topological polar surface area (TPSA) is 122 Å². The van der Waals surface area contributed by atoms with Crippen molar-refractivity contribution >= 4 is 29.4 Å². The normalized spacial score (nSPS) is 25.4. The standard InChI is InChI=1S/C19H25ClN2O2.C4H4O4/c1-19(2)10-11-6-12(20)7-16(17(11)24-19)18(23)21-13-8-14-4-5-15(9-13)22(14)3;5-3(6)1-2-4(7)8/h6-7,13-15H,4-5,8-10H2,1-3H3,(H,21,23);1-2H,(H,5,6)(H,7,8)/p-2/b;2-1-/t13?,14-,15+;. The van der Waals surface area contributed by atoms with Crippen LogP contribution in [0.1, 0.15) is 55.5 Å². The molecule has 0 spiro atoms. The molecule has 0 saturated carbocycles. The molecule has 8 nitrogen and oxygen atoms in total. The fourth-order valence-corrected chi connectivity index (χ4v) is 5.01. The number of rotatable bonds is 4. The van der Waals surface area contributed by atoms with Crippen molar-refractivity contribution in [2.45, 2.75) is 69.7 Å². The van der Waals surface area contributed by atoms with E-state index in [0.29, 0.717) is 40.6 Å². The van der Waals surface area contributed by atoms with Crippen molar-refractivity contribution in [3.8, 4) is 5.75 Å². The van der Waals surface area contributed by atoms with Gasteiger partial charge in [0, 0.05) is 35.1 Å². The molecule has 1 amide bonds. The summed E-state index contributed by atoms with van der Waals surface area (Å²) in [5.74, 6) is -2.44. The predicted octanol–water partition coefficient (Wildman–Crippen LogP) is 0.451. The molecular formula is C23H27ClN2O6-2. The molecule has 1 N–H and O–H groups in total. The molecule has 3 aliphatic heterocycles. The second kappa shape index (κ2) is 9.50. The maximum Gasteiger partial charge on any atom is 0.255 e. The summed E-state index contributed by atoms with van der Waals surface area (Å²) in [6.45, 7) is 4.08. The molecule has 2 bridgehead atoms. The quantitative estimate of drug-likeness (QED) is 0.644. The molecule has 4 rings (SSSR count). The van der Waals surface area contributed by atoms with E-state index in [2.05, 4.69) is 17.3 Å². The minimum atomic E-state index is -1.55. The number of carboxylic acids is 2. The summed E-state index contributed by atoms with van der Waals surface area (Å²) in [5.41, 5.74) is 1.32. The average molecular weight is 463 g/mol. The number of ether oxygens (including phenoxy) is 1. The van der Waals surface area contributed by atoms with Gasteiger partial charge in [-0.3, -0.25) is 4.79 Å². The smallest absolute Gasteiger partial charge is 0.255 e. The van der Waals surface area contributed by atoms with Crippen molar-refractivity contribution in [3.63, 3.8) is 0 Å². The van der Waals surface area contributed by atoms with Crippen LogP contribution in [0.3, 0.4) is 0 Å². The van der Waals surface area contributed by atoms with E-state index >= 15 is 0 Å². The van der Waals surface area contributed by atoms with Crippen LogP contribution in [-0.4, -0.2) is 53.5 Å². The summed E-state index contributed by atoms with van der Waals surface area (Å²) in [6.07, 6.45) is 6.11. The molecule has 1 aromatic carbocycles. The number of benzene rings is 1. The maximum absolute atomic E-state index is 12.9. The van der Waals surface area contributed by atoms with Crippen LogP contribution >= 0.6 is 11.6 Å². The van der Waals surface area contributed by atoms with Gasteiger partial charge in [-0.1, -0.05) is 11.6 Å². The van der Waals surface area contributed by atoms with Crippen molar-refractivity contribution < 1.29 is 29.3 Å². The van der Waals surface area contributed by atoms with E-state index in [1.54, 1.807) is 6.07 Å². The first-order valence-corrected chi connectivity index (χ1v) is 11.0. The van der Waals surface area contributed by atoms with Gasteiger partial charge in [-0.2, -0.15) is 0 Å². The molecule has 3 aliphatic rings. The van der Waals surface area contributed by atoms with Crippen LogP contribution in [0.15, 0.2) is 24.3 Å². The summed E-state index contributed by atoms with van der Waals surface area (Å²) in [6, 6.07) is 5.11. The first-order valence-electron chi connectivity index (χ1n) is 10.6. The van der Waals surface area contributed by atoms with E-state index in [-0.39, 0.29) is 17.6 Å². The number of carboxylic acid groups (broad SMARTS) is 2. The second-order valence-electron chi connectivity index (χ2n) is 9.14. The highest BCUT2D eigenvalue weighted by molar-refractivity contribution is 6.31. The molecule has 9 heteroatoms. The van der Waals surface area contributed by atoms with Crippen molar-refractivity contribution in [1.82, 2.24) is 10.2 Å². The minimum Gasteiger partial charge on any atom is -0.545 e. The third kappa shape index (κ3) is 5.81. The largest absolute Gasteiger partial charge is 0.545 e. The first kappa shape index (κ1) is 24.1. The summed E-state index contributed by atoms with van der Waals surface area (Å²) in [4.78, 5) is 34.2. The van der Waals surface area contributed by atoms with Crippen LogP contribution in [-0.2, 0) is 16.0 Å². The monoisotopic (exact) mass is 462 g/mol. The van der Waals surface area contributed by atoms with E-state index in [1.807, 2.05) is 19.9 Å². The van der Waals surface area contributed by atoms with Crippen molar-refractivity contribution in [2.24, 2.45) is 0 Å². The molecule has 2 saturated heterocycles. The Balaban J connectivity index is 0.000000312. The molecule has 174 valence electrons. The molecule has 3 heterocycles. The van der Waals surface area contributed by atoms with Crippen LogP contribution in [0, 0.1) is 0 Å². The number of amides is 1. The highest BCUT2D eigenvalue weighted by atomic mass is 35.5. The maximum atomic E-state index is 12.9. The van der Waals surface area contributed by atoms with Crippen LogP contribution in [0.25, 0.3) is 0 Å². The summed E-state index contributed by atoms with van der Waals surface area (Å²) in [5, 5.41) is 22.7. The molecule has 0 aromatic heterocycles.